The highest BCUT2D eigenvalue weighted by atomic mass is 16.1. The number of carbonyl (C=O) groups is 1. The van der Waals surface area contributed by atoms with Gasteiger partial charge in [0.1, 0.15) is 0 Å². The molecule has 2 aliphatic rings. The molecule has 0 aliphatic heterocycles. The molecule has 2 aromatic heterocycles. The highest BCUT2D eigenvalue weighted by Gasteiger charge is 2.25. The minimum absolute atomic E-state index is 0.0137. The molecule has 5 rings (SSSR count). The summed E-state index contributed by atoms with van der Waals surface area (Å²) in [5, 5.41) is 4.61. The molecule has 1 aromatic carbocycles. The largest absolute Gasteiger partial charge is 0.353 e. The minimum Gasteiger partial charge on any atom is -0.353 e. The van der Waals surface area contributed by atoms with Crippen LogP contribution in [0.2, 0.25) is 0 Å². The van der Waals surface area contributed by atoms with E-state index in [9.17, 15) is 4.79 Å². The Kier molecular flexibility index (Phi) is 7.09. The second-order valence-electron chi connectivity index (χ2n) is 10.2. The highest BCUT2D eigenvalue weighted by Crippen LogP contribution is 2.36. The van der Waals surface area contributed by atoms with Gasteiger partial charge >= 0.3 is 0 Å². The number of benzene rings is 1. The van der Waals surface area contributed by atoms with Crippen LogP contribution in [0.4, 0.5) is 0 Å². The maximum absolute atomic E-state index is 13.2. The van der Waals surface area contributed by atoms with Crippen molar-refractivity contribution in [3.8, 4) is 0 Å². The third-order valence-corrected chi connectivity index (χ3v) is 7.82. The number of fused-ring (bicyclic) bond motifs is 1. The van der Waals surface area contributed by atoms with Gasteiger partial charge < -0.3 is 9.88 Å². The van der Waals surface area contributed by atoms with Crippen molar-refractivity contribution in [2.45, 2.75) is 89.1 Å². The Morgan fingerprint density at radius 3 is 2.48 bits per heavy atom. The smallest absolute Gasteiger partial charge is 0.221 e. The molecule has 174 valence electrons. The Labute approximate surface area is 197 Å². The summed E-state index contributed by atoms with van der Waals surface area (Å²) >= 11 is 0. The van der Waals surface area contributed by atoms with Gasteiger partial charge in [0.25, 0.3) is 0 Å². The first-order valence-electron chi connectivity index (χ1n) is 13.0. The van der Waals surface area contributed by atoms with Gasteiger partial charge in [0.2, 0.25) is 5.91 Å². The molecule has 0 radical (unpaired) electrons. The molecule has 1 amide bonds. The number of pyridine rings is 1. The van der Waals surface area contributed by atoms with Gasteiger partial charge in [0.15, 0.2) is 0 Å². The SMILES string of the molecule is O=C(CC(c1cccnc1)c1cn(CC2CCCCC2)c2ccccc12)NC1CCCCC1. The zero-order valence-corrected chi connectivity index (χ0v) is 19.7. The molecule has 4 nitrogen and oxygen atoms in total. The number of hydrogen-bond acceptors (Lipinski definition) is 2. The molecule has 2 heterocycles. The summed E-state index contributed by atoms with van der Waals surface area (Å²) in [6, 6.07) is 13.2. The average Bonchev–Trinajstić information content (AvgIpc) is 3.22. The normalized spacial score (nSPS) is 18.9. The van der Waals surface area contributed by atoms with E-state index in [2.05, 4.69) is 51.4 Å². The number of amides is 1. The number of rotatable bonds is 7. The predicted molar refractivity (Wildman–Crippen MR) is 134 cm³/mol. The van der Waals surface area contributed by atoms with Crippen molar-refractivity contribution in [3.05, 3.63) is 66.1 Å². The zero-order chi connectivity index (χ0) is 22.5. The molecule has 2 saturated carbocycles. The van der Waals surface area contributed by atoms with Crippen LogP contribution in [0.25, 0.3) is 10.9 Å². The molecular weight excluding hydrogens is 406 g/mol. The van der Waals surface area contributed by atoms with E-state index in [1.807, 2.05) is 18.5 Å². The summed E-state index contributed by atoms with van der Waals surface area (Å²) in [5.74, 6) is 0.938. The van der Waals surface area contributed by atoms with E-state index >= 15 is 0 Å². The lowest BCUT2D eigenvalue weighted by molar-refractivity contribution is -0.122. The van der Waals surface area contributed by atoms with Gasteiger partial charge in [0.05, 0.1) is 0 Å². The molecule has 2 fully saturated rings. The molecule has 3 aromatic rings. The second-order valence-corrected chi connectivity index (χ2v) is 10.2. The maximum Gasteiger partial charge on any atom is 0.221 e. The van der Waals surface area contributed by atoms with E-state index in [1.54, 1.807) is 0 Å². The van der Waals surface area contributed by atoms with E-state index in [0.717, 1.165) is 30.9 Å². The number of carbonyl (C=O) groups excluding carboxylic acids is 1. The summed E-state index contributed by atoms with van der Waals surface area (Å²) < 4.78 is 2.46. The fraction of sp³-hybridized carbons (Fsp3) is 0.517. The molecule has 1 N–H and O–H groups in total. The van der Waals surface area contributed by atoms with Crippen LogP contribution in [-0.2, 0) is 11.3 Å². The van der Waals surface area contributed by atoms with Crippen molar-refractivity contribution in [1.82, 2.24) is 14.9 Å². The van der Waals surface area contributed by atoms with E-state index in [4.69, 9.17) is 0 Å². The Hall–Kier alpha value is -2.62. The topological polar surface area (TPSA) is 46.9 Å². The first-order chi connectivity index (χ1) is 16.3. The monoisotopic (exact) mass is 443 g/mol. The lowest BCUT2D eigenvalue weighted by atomic mass is 9.88. The van der Waals surface area contributed by atoms with Gasteiger partial charge in [0, 0.05) is 54.4 Å². The first-order valence-corrected chi connectivity index (χ1v) is 13.0. The van der Waals surface area contributed by atoms with Gasteiger partial charge in [-0.1, -0.05) is 62.8 Å². The number of nitrogens with one attached hydrogen (secondary N) is 1. The molecule has 0 saturated heterocycles. The molecule has 1 unspecified atom stereocenters. The van der Waals surface area contributed by atoms with Crippen molar-refractivity contribution in [2.75, 3.05) is 0 Å². The number of para-hydroxylation sites is 1. The van der Waals surface area contributed by atoms with Gasteiger partial charge in [-0.15, -0.1) is 0 Å². The zero-order valence-electron chi connectivity index (χ0n) is 19.7. The van der Waals surface area contributed by atoms with E-state index in [0.29, 0.717) is 12.5 Å². The van der Waals surface area contributed by atoms with Crippen LogP contribution in [-0.4, -0.2) is 21.5 Å². The van der Waals surface area contributed by atoms with E-state index in [-0.39, 0.29) is 11.8 Å². The Bertz CT molecular complexity index is 1050. The lowest BCUT2D eigenvalue weighted by Gasteiger charge is -2.24. The summed E-state index contributed by atoms with van der Waals surface area (Å²) in [7, 11) is 0. The fourth-order valence-corrected chi connectivity index (χ4v) is 6.06. The summed E-state index contributed by atoms with van der Waals surface area (Å²) in [4.78, 5) is 17.6. The Morgan fingerprint density at radius 1 is 0.970 bits per heavy atom. The molecular formula is C29H37N3O. The quantitative estimate of drug-likeness (QED) is 0.448. The van der Waals surface area contributed by atoms with Gasteiger partial charge in [-0.3, -0.25) is 9.78 Å². The van der Waals surface area contributed by atoms with Crippen LogP contribution >= 0.6 is 0 Å². The Balaban J connectivity index is 1.45. The van der Waals surface area contributed by atoms with Crippen LogP contribution < -0.4 is 5.32 Å². The van der Waals surface area contributed by atoms with Gasteiger partial charge in [-0.25, -0.2) is 0 Å². The molecule has 33 heavy (non-hydrogen) atoms. The second kappa shape index (κ2) is 10.5. The molecule has 1 atom stereocenters. The molecule has 0 spiro atoms. The Morgan fingerprint density at radius 2 is 1.73 bits per heavy atom. The van der Waals surface area contributed by atoms with Crippen molar-refractivity contribution < 1.29 is 4.79 Å². The molecule has 2 aliphatic carbocycles. The number of hydrogen-bond donors (Lipinski definition) is 1. The van der Waals surface area contributed by atoms with Crippen LogP contribution in [0.1, 0.15) is 87.7 Å². The van der Waals surface area contributed by atoms with E-state index in [1.165, 1.54) is 67.8 Å². The number of nitrogens with zero attached hydrogens (tertiary/aromatic N) is 2. The van der Waals surface area contributed by atoms with Crippen molar-refractivity contribution in [3.63, 3.8) is 0 Å². The third kappa shape index (κ3) is 5.31. The van der Waals surface area contributed by atoms with E-state index < -0.39 is 0 Å². The lowest BCUT2D eigenvalue weighted by Crippen LogP contribution is -2.36. The predicted octanol–water partition coefficient (Wildman–Crippen LogP) is 6.59. The minimum atomic E-state index is 0.0137. The fourth-order valence-electron chi connectivity index (χ4n) is 6.06. The van der Waals surface area contributed by atoms with Gasteiger partial charge in [-0.05, 0) is 54.9 Å². The van der Waals surface area contributed by atoms with Crippen molar-refractivity contribution >= 4 is 16.8 Å². The van der Waals surface area contributed by atoms with Crippen LogP contribution in [0, 0.1) is 5.92 Å². The summed E-state index contributed by atoms with van der Waals surface area (Å²) in [6.45, 7) is 1.08. The van der Waals surface area contributed by atoms with Crippen LogP contribution in [0.15, 0.2) is 55.0 Å². The van der Waals surface area contributed by atoms with Crippen molar-refractivity contribution in [2.24, 2.45) is 5.92 Å². The van der Waals surface area contributed by atoms with Crippen LogP contribution in [0.5, 0.6) is 0 Å². The maximum atomic E-state index is 13.2. The van der Waals surface area contributed by atoms with Crippen LogP contribution in [0.3, 0.4) is 0 Å². The van der Waals surface area contributed by atoms with Crippen molar-refractivity contribution in [1.29, 1.82) is 0 Å². The standard InChI is InChI=1S/C29H37N3O/c33-29(31-24-13-5-2-6-14-24)18-26(23-12-9-17-30-19-23)27-21-32(20-22-10-3-1-4-11-22)28-16-8-7-15-25(27)28/h7-9,12,15-17,19,21-22,24,26H,1-6,10-11,13-14,18,20H2,(H,31,33). The van der Waals surface area contributed by atoms with Gasteiger partial charge in [-0.2, -0.15) is 0 Å². The summed E-state index contributed by atoms with van der Waals surface area (Å²) in [5.41, 5.74) is 3.67. The summed E-state index contributed by atoms with van der Waals surface area (Å²) in [6.07, 6.45) is 19.3. The average molecular weight is 444 g/mol. The third-order valence-electron chi connectivity index (χ3n) is 7.82. The highest BCUT2D eigenvalue weighted by molar-refractivity contribution is 5.86. The number of aromatic nitrogens is 2. The molecule has 4 heteroatoms. The molecule has 0 bridgehead atoms. The first kappa shape index (κ1) is 22.2.